The van der Waals surface area contributed by atoms with E-state index in [0.29, 0.717) is 0 Å². The van der Waals surface area contributed by atoms with Crippen molar-refractivity contribution >= 4 is 0 Å². The Morgan fingerprint density at radius 3 is 2.62 bits per heavy atom. The molecule has 2 atom stereocenters. The smallest absolute Gasteiger partial charge is 0.00172 e. The molecule has 1 heteroatoms. The summed E-state index contributed by atoms with van der Waals surface area (Å²) in [5, 5.41) is 3.30. The van der Waals surface area contributed by atoms with E-state index < -0.39 is 0 Å². The van der Waals surface area contributed by atoms with Crippen LogP contribution in [0.15, 0.2) is 12.7 Å². The highest BCUT2D eigenvalue weighted by Gasteiger charge is 2.18. The van der Waals surface area contributed by atoms with Crippen LogP contribution >= 0.6 is 0 Å². The number of nitrogens with one attached hydrogen (secondary N) is 1. The van der Waals surface area contributed by atoms with E-state index in [0.717, 1.165) is 24.9 Å². The molecule has 1 N–H and O–H groups in total. The average molecular weight is 111 g/mol. The van der Waals surface area contributed by atoms with Crippen molar-refractivity contribution in [2.45, 2.75) is 6.92 Å². The minimum Gasteiger partial charge on any atom is -0.316 e. The largest absolute Gasteiger partial charge is 0.316 e. The van der Waals surface area contributed by atoms with Gasteiger partial charge in [0.05, 0.1) is 0 Å². The first kappa shape index (κ1) is 5.83. The van der Waals surface area contributed by atoms with Crippen molar-refractivity contribution in [2.24, 2.45) is 11.8 Å². The maximum Gasteiger partial charge on any atom is 0.00172 e. The standard InChI is InChI=1S/C7H13N/c1-3-7-5-8-4-6(7)2/h3,6-8H,1,4-5H2,2H3. The summed E-state index contributed by atoms with van der Waals surface area (Å²) in [4.78, 5) is 0. The second-order valence-corrected chi connectivity index (χ2v) is 2.54. The van der Waals surface area contributed by atoms with Crippen LogP contribution in [0.25, 0.3) is 0 Å². The first-order valence-electron chi connectivity index (χ1n) is 3.18. The highest BCUT2D eigenvalue weighted by molar-refractivity contribution is 4.89. The Morgan fingerprint density at radius 2 is 2.38 bits per heavy atom. The van der Waals surface area contributed by atoms with Gasteiger partial charge in [0.2, 0.25) is 0 Å². The van der Waals surface area contributed by atoms with Gasteiger partial charge < -0.3 is 5.32 Å². The Bertz CT molecular complexity index is 88.4. The Balaban J connectivity index is 2.41. The molecule has 46 valence electrons. The van der Waals surface area contributed by atoms with Crippen molar-refractivity contribution in [3.63, 3.8) is 0 Å². The van der Waals surface area contributed by atoms with Crippen LogP contribution in [-0.2, 0) is 0 Å². The zero-order valence-electron chi connectivity index (χ0n) is 5.35. The second kappa shape index (κ2) is 2.31. The summed E-state index contributed by atoms with van der Waals surface area (Å²) in [5.74, 6) is 1.52. The maximum absolute atomic E-state index is 3.75. The van der Waals surface area contributed by atoms with Crippen LogP contribution in [0.5, 0.6) is 0 Å². The molecule has 1 aliphatic rings. The molecular formula is C7H13N. The van der Waals surface area contributed by atoms with Gasteiger partial charge in [-0.25, -0.2) is 0 Å². The molecule has 1 heterocycles. The highest BCUT2D eigenvalue weighted by atomic mass is 14.9. The Hall–Kier alpha value is -0.300. The van der Waals surface area contributed by atoms with Crippen LogP contribution in [0.4, 0.5) is 0 Å². The molecule has 0 spiro atoms. The molecule has 1 saturated heterocycles. The van der Waals surface area contributed by atoms with Gasteiger partial charge in [0.15, 0.2) is 0 Å². The molecule has 0 aromatic heterocycles. The predicted octanol–water partition coefficient (Wildman–Crippen LogP) is 1.03. The van der Waals surface area contributed by atoms with E-state index in [-0.39, 0.29) is 0 Å². The summed E-state index contributed by atoms with van der Waals surface area (Å²) in [6, 6.07) is 0. The van der Waals surface area contributed by atoms with Crippen LogP contribution in [-0.4, -0.2) is 13.1 Å². The summed E-state index contributed by atoms with van der Waals surface area (Å²) in [6.07, 6.45) is 2.05. The minimum absolute atomic E-state index is 0.718. The van der Waals surface area contributed by atoms with Gasteiger partial charge >= 0.3 is 0 Å². The van der Waals surface area contributed by atoms with E-state index in [1.165, 1.54) is 0 Å². The zero-order valence-corrected chi connectivity index (χ0v) is 5.35. The van der Waals surface area contributed by atoms with Gasteiger partial charge in [0.25, 0.3) is 0 Å². The molecule has 0 amide bonds. The molecule has 0 aromatic rings. The fraction of sp³-hybridized carbons (Fsp3) is 0.714. The first-order valence-corrected chi connectivity index (χ1v) is 3.18. The molecule has 0 saturated carbocycles. The third-order valence-corrected chi connectivity index (χ3v) is 1.88. The van der Waals surface area contributed by atoms with Crippen LogP contribution in [0.3, 0.4) is 0 Å². The van der Waals surface area contributed by atoms with Gasteiger partial charge in [0, 0.05) is 6.54 Å². The van der Waals surface area contributed by atoms with E-state index in [2.05, 4.69) is 18.8 Å². The number of rotatable bonds is 1. The van der Waals surface area contributed by atoms with Gasteiger partial charge in [-0.2, -0.15) is 0 Å². The highest BCUT2D eigenvalue weighted by Crippen LogP contribution is 2.15. The lowest BCUT2D eigenvalue weighted by Gasteiger charge is -2.05. The third-order valence-electron chi connectivity index (χ3n) is 1.88. The van der Waals surface area contributed by atoms with Crippen molar-refractivity contribution in [3.05, 3.63) is 12.7 Å². The zero-order chi connectivity index (χ0) is 5.98. The van der Waals surface area contributed by atoms with Crippen molar-refractivity contribution in [3.8, 4) is 0 Å². The molecule has 0 aliphatic carbocycles. The number of hydrogen-bond acceptors (Lipinski definition) is 1. The minimum atomic E-state index is 0.718. The lowest BCUT2D eigenvalue weighted by Crippen LogP contribution is -2.07. The van der Waals surface area contributed by atoms with Crippen molar-refractivity contribution in [2.75, 3.05) is 13.1 Å². The summed E-state index contributed by atoms with van der Waals surface area (Å²) >= 11 is 0. The first-order chi connectivity index (χ1) is 3.84. The Morgan fingerprint density at radius 1 is 1.62 bits per heavy atom. The Kier molecular flexibility index (Phi) is 1.69. The Labute approximate surface area is 50.8 Å². The molecule has 0 bridgehead atoms. The van der Waals surface area contributed by atoms with Gasteiger partial charge in [-0.3, -0.25) is 0 Å². The lowest BCUT2D eigenvalue weighted by atomic mass is 9.99. The average Bonchev–Trinajstić information content (AvgIpc) is 2.14. The van der Waals surface area contributed by atoms with Gasteiger partial charge in [-0.15, -0.1) is 6.58 Å². The third kappa shape index (κ3) is 0.920. The van der Waals surface area contributed by atoms with E-state index in [4.69, 9.17) is 0 Å². The molecule has 0 radical (unpaired) electrons. The molecule has 1 nitrogen and oxygen atoms in total. The SMILES string of the molecule is C=CC1CNCC1C. The molecule has 1 aliphatic heterocycles. The summed E-state index contributed by atoms with van der Waals surface area (Å²) < 4.78 is 0. The van der Waals surface area contributed by atoms with E-state index in [9.17, 15) is 0 Å². The molecule has 1 rings (SSSR count). The number of hydrogen-bond donors (Lipinski definition) is 1. The normalized spacial score (nSPS) is 37.6. The van der Waals surface area contributed by atoms with E-state index in [1.54, 1.807) is 0 Å². The topological polar surface area (TPSA) is 12.0 Å². The van der Waals surface area contributed by atoms with Crippen LogP contribution in [0.1, 0.15) is 6.92 Å². The fourth-order valence-electron chi connectivity index (χ4n) is 1.15. The summed E-state index contributed by atoms with van der Waals surface area (Å²) in [6.45, 7) is 8.30. The van der Waals surface area contributed by atoms with Crippen LogP contribution in [0.2, 0.25) is 0 Å². The molecule has 0 aromatic carbocycles. The van der Waals surface area contributed by atoms with Gasteiger partial charge in [-0.05, 0) is 18.4 Å². The van der Waals surface area contributed by atoms with Crippen molar-refractivity contribution in [1.82, 2.24) is 5.32 Å². The van der Waals surface area contributed by atoms with Crippen molar-refractivity contribution < 1.29 is 0 Å². The van der Waals surface area contributed by atoms with Crippen LogP contribution in [0, 0.1) is 11.8 Å². The molecule has 8 heavy (non-hydrogen) atoms. The summed E-state index contributed by atoms with van der Waals surface area (Å²) in [5.41, 5.74) is 0. The second-order valence-electron chi connectivity index (χ2n) is 2.54. The van der Waals surface area contributed by atoms with Gasteiger partial charge in [-0.1, -0.05) is 13.0 Å². The van der Waals surface area contributed by atoms with E-state index >= 15 is 0 Å². The molecule has 2 unspecified atom stereocenters. The maximum atomic E-state index is 3.75. The van der Waals surface area contributed by atoms with Gasteiger partial charge in [0.1, 0.15) is 0 Å². The molecular weight excluding hydrogens is 98.1 g/mol. The lowest BCUT2D eigenvalue weighted by molar-refractivity contribution is 0.544. The predicted molar refractivity (Wildman–Crippen MR) is 35.7 cm³/mol. The monoisotopic (exact) mass is 111 g/mol. The summed E-state index contributed by atoms with van der Waals surface area (Å²) in [7, 11) is 0. The quantitative estimate of drug-likeness (QED) is 0.498. The van der Waals surface area contributed by atoms with Crippen molar-refractivity contribution in [1.29, 1.82) is 0 Å². The van der Waals surface area contributed by atoms with E-state index in [1.807, 2.05) is 6.08 Å². The fourth-order valence-corrected chi connectivity index (χ4v) is 1.15. The van der Waals surface area contributed by atoms with Crippen LogP contribution < -0.4 is 5.32 Å². The molecule has 1 fully saturated rings.